The lowest BCUT2D eigenvalue weighted by molar-refractivity contribution is 0.0752. The molecule has 0 radical (unpaired) electrons. The molecule has 214 valence electrons. The number of carbonyl (C=O) groups is 4. The highest BCUT2D eigenvalue weighted by Crippen LogP contribution is 2.23. The molecule has 0 aliphatic heterocycles. The number of hydrogen-bond acceptors (Lipinski definition) is 6. The monoisotopic (exact) mass is 566 g/mol. The number of aromatic nitrogens is 2. The van der Waals surface area contributed by atoms with Crippen LogP contribution in [0.4, 0.5) is 11.4 Å². The molecule has 2 aromatic heterocycles. The number of benzene rings is 3. The van der Waals surface area contributed by atoms with E-state index in [-0.39, 0.29) is 11.8 Å². The van der Waals surface area contributed by atoms with E-state index in [2.05, 4.69) is 20.6 Å². The maximum absolute atomic E-state index is 13.0. The Kier molecular flexibility index (Phi) is 7.74. The van der Waals surface area contributed by atoms with Crippen LogP contribution in [-0.2, 0) is 0 Å². The van der Waals surface area contributed by atoms with Crippen LogP contribution in [0.5, 0.6) is 0 Å². The summed E-state index contributed by atoms with van der Waals surface area (Å²) in [7, 11) is 0. The van der Waals surface area contributed by atoms with Gasteiger partial charge in [-0.2, -0.15) is 0 Å². The fourth-order valence-electron chi connectivity index (χ4n) is 4.46. The number of H-pyrrole nitrogens is 2. The second kappa shape index (κ2) is 11.6. The molecule has 0 atom stereocenters. The zero-order valence-corrected chi connectivity index (χ0v) is 23.0. The topological polar surface area (TPSA) is 182 Å². The fraction of sp³-hybridized carbons (Fsp3) is 0.133. The lowest BCUT2D eigenvalue weighted by Gasteiger charge is -2.11. The van der Waals surface area contributed by atoms with E-state index in [4.69, 9.17) is 11.7 Å². The first kappa shape index (κ1) is 28.1. The van der Waals surface area contributed by atoms with Gasteiger partial charge in [-0.25, -0.2) is 11.7 Å². The van der Waals surface area contributed by atoms with Gasteiger partial charge in [0.15, 0.2) is 0 Å². The van der Waals surface area contributed by atoms with Crippen molar-refractivity contribution in [3.8, 4) is 0 Å². The highest BCUT2D eigenvalue weighted by Gasteiger charge is 2.17. The van der Waals surface area contributed by atoms with Gasteiger partial charge in [-0.1, -0.05) is 6.07 Å². The number of aromatic amines is 2. The molecular weight excluding hydrogens is 536 g/mol. The molecule has 0 fully saturated rings. The van der Waals surface area contributed by atoms with Crippen LogP contribution < -0.4 is 22.3 Å². The van der Waals surface area contributed by atoms with Crippen LogP contribution in [0.25, 0.3) is 21.8 Å². The van der Waals surface area contributed by atoms with Gasteiger partial charge >= 0.3 is 0 Å². The van der Waals surface area contributed by atoms with Crippen LogP contribution in [-0.4, -0.2) is 56.7 Å². The van der Waals surface area contributed by atoms with Crippen molar-refractivity contribution >= 4 is 56.8 Å². The number of nitrogens with one attached hydrogen (secondary N) is 4. The van der Waals surface area contributed by atoms with Crippen LogP contribution in [0, 0.1) is 0 Å². The molecule has 12 heteroatoms. The SMILES string of the molecule is CCN(N)C(=O)c1cc2cc(NC(=O)c3cccc(C(=O)Nc4ccc5[nH]c(C(=O)N(N)CC)cc5c4)c3)ccc2[nH]1. The van der Waals surface area contributed by atoms with Crippen LogP contribution in [0.15, 0.2) is 72.8 Å². The number of hydrazine groups is 2. The number of nitrogens with zero attached hydrogens (tertiary/aromatic N) is 2. The molecule has 42 heavy (non-hydrogen) atoms. The minimum atomic E-state index is -0.401. The molecule has 3 aromatic carbocycles. The van der Waals surface area contributed by atoms with E-state index in [0.29, 0.717) is 47.0 Å². The molecular formula is C30H30N8O4. The molecule has 0 aliphatic rings. The third-order valence-corrected chi connectivity index (χ3v) is 6.81. The molecule has 12 nitrogen and oxygen atoms in total. The van der Waals surface area contributed by atoms with Crippen molar-refractivity contribution in [1.29, 1.82) is 0 Å². The van der Waals surface area contributed by atoms with E-state index in [1.165, 1.54) is 6.07 Å². The summed E-state index contributed by atoms with van der Waals surface area (Å²) >= 11 is 0. The first-order chi connectivity index (χ1) is 20.2. The Bertz CT molecular complexity index is 1710. The summed E-state index contributed by atoms with van der Waals surface area (Å²) < 4.78 is 0. The molecule has 8 N–H and O–H groups in total. The van der Waals surface area contributed by atoms with E-state index in [1.54, 1.807) is 80.6 Å². The molecule has 5 aromatic rings. The second-order valence-electron chi connectivity index (χ2n) is 9.64. The van der Waals surface area contributed by atoms with Gasteiger partial charge in [-0.05, 0) is 80.6 Å². The lowest BCUT2D eigenvalue weighted by atomic mass is 10.1. The first-order valence-electron chi connectivity index (χ1n) is 13.3. The third kappa shape index (κ3) is 5.70. The molecule has 4 amide bonds. The highest BCUT2D eigenvalue weighted by atomic mass is 16.2. The molecule has 0 spiro atoms. The van der Waals surface area contributed by atoms with E-state index >= 15 is 0 Å². The van der Waals surface area contributed by atoms with Gasteiger partial charge in [-0.15, -0.1) is 0 Å². The maximum Gasteiger partial charge on any atom is 0.284 e. The molecule has 0 bridgehead atoms. The van der Waals surface area contributed by atoms with Gasteiger partial charge in [0.2, 0.25) is 0 Å². The van der Waals surface area contributed by atoms with Gasteiger partial charge in [-0.3, -0.25) is 29.2 Å². The Hall–Kier alpha value is -5.46. The second-order valence-corrected chi connectivity index (χ2v) is 9.64. The molecule has 0 saturated carbocycles. The molecule has 5 rings (SSSR count). The smallest absolute Gasteiger partial charge is 0.284 e. The Morgan fingerprint density at radius 1 is 0.643 bits per heavy atom. The summed E-state index contributed by atoms with van der Waals surface area (Å²) in [5.74, 6) is 9.95. The summed E-state index contributed by atoms with van der Waals surface area (Å²) in [6.07, 6.45) is 0. The minimum Gasteiger partial charge on any atom is -0.350 e. The zero-order chi connectivity index (χ0) is 30.0. The van der Waals surface area contributed by atoms with Gasteiger partial charge in [0, 0.05) is 57.4 Å². The summed E-state index contributed by atoms with van der Waals surface area (Å²) in [4.78, 5) is 56.8. The number of carbonyl (C=O) groups excluding carboxylic acids is 4. The third-order valence-electron chi connectivity index (χ3n) is 6.81. The van der Waals surface area contributed by atoms with Gasteiger partial charge in [0.05, 0.1) is 0 Å². The zero-order valence-electron chi connectivity index (χ0n) is 23.0. The Labute approximate surface area is 240 Å². The van der Waals surface area contributed by atoms with Gasteiger partial charge in [0.25, 0.3) is 23.6 Å². The first-order valence-corrected chi connectivity index (χ1v) is 13.3. The molecule has 0 aliphatic carbocycles. The van der Waals surface area contributed by atoms with Crippen LogP contribution in [0.1, 0.15) is 55.5 Å². The predicted octanol–water partition coefficient (Wildman–Crippen LogP) is 3.83. The average molecular weight is 567 g/mol. The normalized spacial score (nSPS) is 11.0. The van der Waals surface area contributed by atoms with Crippen molar-refractivity contribution in [2.24, 2.45) is 11.7 Å². The van der Waals surface area contributed by atoms with Crippen molar-refractivity contribution < 1.29 is 19.2 Å². The Morgan fingerprint density at radius 3 is 1.48 bits per heavy atom. The number of nitrogens with two attached hydrogens (primary N) is 2. The quantitative estimate of drug-likeness (QED) is 0.0942. The van der Waals surface area contributed by atoms with E-state index < -0.39 is 11.8 Å². The van der Waals surface area contributed by atoms with Crippen molar-refractivity contribution in [1.82, 2.24) is 20.0 Å². The lowest BCUT2D eigenvalue weighted by Crippen LogP contribution is -2.37. The predicted molar refractivity (Wildman–Crippen MR) is 161 cm³/mol. The van der Waals surface area contributed by atoms with E-state index in [1.807, 2.05) is 0 Å². The summed E-state index contributed by atoms with van der Waals surface area (Å²) in [6, 6.07) is 20.1. The summed E-state index contributed by atoms with van der Waals surface area (Å²) in [5, 5.41) is 9.35. The molecule has 2 heterocycles. The Balaban J connectivity index is 1.28. The highest BCUT2D eigenvalue weighted by molar-refractivity contribution is 6.10. The van der Waals surface area contributed by atoms with Crippen LogP contribution in [0.2, 0.25) is 0 Å². The average Bonchev–Trinajstić information content (AvgIpc) is 3.63. The number of anilines is 2. The number of amides is 4. The van der Waals surface area contributed by atoms with Crippen molar-refractivity contribution in [3.63, 3.8) is 0 Å². The van der Waals surface area contributed by atoms with Gasteiger partial charge < -0.3 is 20.6 Å². The number of hydrogen-bond donors (Lipinski definition) is 6. The van der Waals surface area contributed by atoms with E-state index in [0.717, 1.165) is 31.8 Å². The summed E-state index contributed by atoms with van der Waals surface area (Å²) in [5.41, 5.74) is 3.77. The molecule has 0 unspecified atom stereocenters. The minimum absolute atomic E-state index is 0.293. The largest absolute Gasteiger partial charge is 0.350 e. The van der Waals surface area contributed by atoms with Crippen LogP contribution >= 0.6 is 0 Å². The van der Waals surface area contributed by atoms with Crippen molar-refractivity contribution in [2.45, 2.75) is 13.8 Å². The van der Waals surface area contributed by atoms with Crippen molar-refractivity contribution in [3.05, 3.63) is 95.3 Å². The Morgan fingerprint density at radius 2 is 1.07 bits per heavy atom. The van der Waals surface area contributed by atoms with E-state index in [9.17, 15) is 19.2 Å². The van der Waals surface area contributed by atoms with Gasteiger partial charge in [0.1, 0.15) is 11.4 Å². The van der Waals surface area contributed by atoms with Crippen LogP contribution in [0.3, 0.4) is 0 Å². The standard InChI is InChI=1S/C30H30N8O4/c1-3-37(31)29(41)25-15-19-13-21(8-10-23(19)35-25)33-27(39)17-6-5-7-18(12-17)28(40)34-22-9-11-24-20(14-22)16-26(36-24)30(42)38(32)4-2/h5-16,35-36H,3-4,31-32H2,1-2H3,(H,33,39)(H,34,40). The maximum atomic E-state index is 13.0. The number of rotatable bonds is 8. The molecule has 0 saturated heterocycles. The summed E-state index contributed by atoms with van der Waals surface area (Å²) in [6.45, 7) is 4.28. The number of fused-ring (bicyclic) bond motifs is 2. The fourth-order valence-corrected chi connectivity index (χ4v) is 4.46. The van der Waals surface area contributed by atoms with Crippen molar-refractivity contribution in [2.75, 3.05) is 23.7 Å².